The number of halogens is 2. The Balaban J connectivity index is 1.68. The zero-order valence-electron chi connectivity index (χ0n) is 14.4. The first-order chi connectivity index (χ1) is 12.1. The average Bonchev–Trinajstić information content (AvgIpc) is 3.04. The molecule has 0 aliphatic carbocycles. The molecule has 1 amide bonds. The quantitative estimate of drug-likeness (QED) is 0.826. The van der Waals surface area contributed by atoms with Crippen molar-refractivity contribution in [1.29, 1.82) is 0 Å². The van der Waals surface area contributed by atoms with Crippen molar-refractivity contribution in [2.45, 2.75) is 38.6 Å². The average molecular weight is 390 g/mol. The summed E-state index contributed by atoms with van der Waals surface area (Å²) in [4.78, 5) is 14.3. The van der Waals surface area contributed by atoms with E-state index in [1.54, 1.807) is 18.7 Å². The van der Waals surface area contributed by atoms with Crippen LogP contribution >= 0.6 is 0 Å². The van der Waals surface area contributed by atoms with Gasteiger partial charge in [-0.15, -0.1) is 8.78 Å². The summed E-state index contributed by atoms with van der Waals surface area (Å²) < 4.78 is 58.2. The molecule has 0 bridgehead atoms. The summed E-state index contributed by atoms with van der Waals surface area (Å²) in [5.41, 5.74) is 0.418. The number of alkyl halides is 2. The van der Waals surface area contributed by atoms with E-state index in [4.69, 9.17) is 0 Å². The number of nitrogens with one attached hydrogen (secondary N) is 1. The van der Waals surface area contributed by atoms with Crippen LogP contribution in [0, 0.1) is 0 Å². The minimum absolute atomic E-state index is 0.0294. The van der Waals surface area contributed by atoms with Gasteiger partial charge in [-0.1, -0.05) is 0 Å². The first kappa shape index (κ1) is 18.7. The Bertz CT molecular complexity index is 815. The first-order valence-electron chi connectivity index (χ1n) is 8.27. The summed E-state index contributed by atoms with van der Waals surface area (Å²) in [6, 6.07) is 3.16. The second-order valence-corrected chi connectivity index (χ2v) is 8.60. The van der Waals surface area contributed by atoms with Crippen LogP contribution in [0.1, 0.15) is 20.3 Å². The predicted molar refractivity (Wildman–Crippen MR) is 90.2 cm³/mol. The number of amides is 1. The molecule has 10 heteroatoms. The molecule has 1 aromatic carbocycles. The van der Waals surface area contributed by atoms with Crippen LogP contribution < -0.4 is 14.8 Å². The highest BCUT2D eigenvalue weighted by molar-refractivity contribution is 7.91. The van der Waals surface area contributed by atoms with E-state index in [-0.39, 0.29) is 35.0 Å². The molecule has 0 radical (unpaired) electrons. The Morgan fingerprint density at radius 2 is 2.08 bits per heavy atom. The van der Waals surface area contributed by atoms with Crippen molar-refractivity contribution in [3.8, 4) is 11.5 Å². The monoisotopic (exact) mass is 390 g/mol. The summed E-state index contributed by atoms with van der Waals surface area (Å²) in [5.74, 6) is -0.393. The van der Waals surface area contributed by atoms with Crippen LogP contribution in [0.25, 0.3) is 0 Å². The van der Waals surface area contributed by atoms with E-state index in [0.29, 0.717) is 18.7 Å². The van der Waals surface area contributed by atoms with E-state index in [1.165, 1.54) is 18.2 Å². The normalized spacial score (nSPS) is 23.5. The van der Waals surface area contributed by atoms with Gasteiger partial charge in [0.05, 0.1) is 11.5 Å². The van der Waals surface area contributed by atoms with Crippen LogP contribution in [0.3, 0.4) is 0 Å². The van der Waals surface area contributed by atoms with Gasteiger partial charge in [-0.25, -0.2) is 8.42 Å². The molecule has 0 spiro atoms. The highest BCUT2D eigenvalue weighted by Crippen LogP contribution is 2.42. The fraction of sp³-hybridized carbons (Fsp3) is 0.562. The first-order valence-corrected chi connectivity index (χ1v) is 10.1. The van der Waals surface area contributed by atoms with Crippen LogP contribution in [-0.2, 0) is 14.6 Å². The molecule has 0 aromatic heterocycles. The number of rotatable bonds is 5. The molecule has 26 heavy (non-hydrogen) atoms. The van der Waals surface area contributed by atoms with Gasteiger partial charge in [0.1, 0.15) is 6.04 Å². The third-order valence-electron chi connectivity index (χ3n) is 4.43. The van der Waals surface area contributed by atoms with E-state index >= 15 is 0 Å². The van der Waals surface area contributed by atoms with E-state index in [0.717, 1.165) is 0 Å². The summed E-state index contributed by atoms with van der Waals surface area (Å²) in [5, 5.41) is 2.94. The van der Waals surface area contributed by atoms with Gasteiger partial charge in [0.2, 0.25) is 5.91 Å². The number of fused-ring (bicyclic) bond motifs is 1. The zero-order chi connectivity index (χ0) is 19.1. The molecular formula is C16H20F2N2O5S. The lowest BCUT2D eigenvalue weighted by atomic mass is 10.1. The van der Waals surface area contributed by atoms with Gasteiger partial charge in [0, 0.05) is 24.3 Å². The molecule has 2 aliphatic rings. The second kappa shape index (κ2) is 6.57. The van der Waals surface area contributed by atoms with Crippen LogP contribution in [0.5, 0.6) is 11.5 Å². The number of likely N-dealkylation sites (N-methyl/N-ethyl adjacent to an activating group) is 1. The lowest BCUT2D eigenvalue weighted by Crippen LogP contribution is -2.47. The number of sulfone groups is 1. The standard InChI is InChI=1S/C16H20F2N2O5S/c1-3-20(12-6-7-26(22,23)9-12)15(21)10(2)19-11-4-5-13-14(8-11)25-16(17,18)24-13/h4-5,8,10,12,19H,3,6-7,9H2,1-2H3/t10-,12-/m1/s1. The topological polar surface area (TPSA) is 84.9 Å². The molecule has 1 fully saturated rings. The molecular weight excluding hydrogens is 370 g/mol. The maximum Gasteiger partial charge on any atom is 0.586 e. The molecule has 0 unspecified atom stereocenters. The summed E-state index contributed by atoms with van der Waals surface area (Å²) in [7, 11) is -3.10. The Morgan fingerprint density at radius 1 is 1.38 bits per heavy atom. The van der Waals surface area contributed by atoms with E-state index in [1.807, 2.05) is 0 Å². The molecule has 3 rings (SSSR count). The molecule has 7 nitrogen and oxygen atoms in total. The molecule has 1 N–H and O–H groups in total. The highest BCUT2D eigenvalue weighted by atomic mass is 32.2. The number of benzene rings is 1. The van der Waals surface area contributed by atoms with Crippen molar-refractivity contribution in [1.82, 2.24) is 4.90 Å². The van der Waals surface area contributed by atoms with Gasteiger partial charge in [-0.05, 0) is 32.4 Å². The minimum atomic E-state index is -3.70. The van der Waals surface area contributed by atoms with E-state index < -0.39 is 22.2 Å². The Hall–Kier alpha value is -2.10. The van der Waals surface area contributed by atoms with Gasteiger partial charge in [0.25, 0.3) is 0 Å². The lowest BCUT2D eigenvalue weighted by molar-refractivity contribution is -0.286. The Kier molecular flexibility index (Phi) is 4.72. The van der Waals surface area contributed by atoms with Crippen LogP contribution in [0.2, 0.25) is 0 Å². The van der Waals surface area contributed by atoms with Crippen molar-refractivity contribution in [2.24, 2.45) is 0 Å². The largest absolute Gasteiger partial charge is 0.586 e. The fourth-order valence-corrected chi connectivity index (χ4v) is 4.95. The van der Waals surface area contributed by atoms with Gasteiger partial charge in [-0.2, -0.15) is 0 Å². The Morgan fingerprint density at radius 3 is 2.69 bits per heavy atom. The minimum Gasteiger partial charge on any atom is -0.395 e. The lowest BCUT2D eigenvalue weighted by Gasteiger charge is -2.30. The zero-order valence-corrected chi connectivity index (χ0v) is 15.2. The van der Waals surface area contributed by atoms with Crippen molar-refractivity contribution in [2.75, 3.05) is 23.4 Å². The summed E-state index contributed by atoms with van der Waals surface area (Å²) >= 11 is 0. The molecule has 1 aromatic rings. The van der Waals surface area contributed by atoms with Crippen molar-refractivity contribution < 1.29 is 31.5 Å². The molecule has 2 atom stereocenters. The molecule has 0 saturated carbocycles. The third kappa shape index (κ3) is 3.84. The molecule has 2 heterocycles. The summed E-state index contributed by atoms with van der Waals surface area (Å²) in [6.45, 7) is 3.81. The van der Waals surface area contributed by atoms with Gasteiger partial charge < -0.3 is 19.7 Å². The summed E-state index contributed by atoms with van der Waals surface area (Å²) in [6.07, 6.45) is -3.27. The van der Waals surface area contributed by atoms with Crippen LogP contribution in [0.4, 0.5) is 14.5 Å². The third-order valence-corrected chi connectivity index (χ3v) is 6.18. The van der Waals surface area contributed by atoms with Crippen LogP contribution in [0.15, 0.2) is 18.2 Å². The molecule has 144 valence electrons. The second-order valence-electron chi connectivity index (χ2n) is 6.38. The van der Waals surface area contributed by atoms with Crippen molar-refractivity contribution in [3.05, 3.63) is 18.2 Å². The van der Waals surface area contributed by atoms with Gasteiger partial charge >= 0.3 is 6.29 Å². The van der Waals surface area contributed by atoms with Gasteiger partial charge in [0.15, 0.2) is 21.3 Å². The van der Waals surface area contributed by atoms with Crippen molar-refractivity contribution >= 4 is 21.4 Å². The van der Waals surface area contributed by atoms with E-state index in [9.17, 15) is 22.0 Å². The number of hydrogen-bond donors (Lipinski definition) is 1. The number of carbonyl (C=O) groups is 1. The maximum absolute atomic E-state index is 13.1. The smallest absolute Gasteiger partial charge is 0.395 e. The van der Waals surface area contributed by atoms with Crippen molar-refractivity contribution in [3.63, 3.8) is 0 Å². The van der Waals surface area contributed by atoms with Crippen LogP contribution in [-0.4, -0.2) is 55.7 Å². The molecule has 2 aliphatic heterocycles. The number of ether oxygens (including phenoxy) is 2. The SMILES string of the molecule is CCN(C(=O)[C@@H](C)Nc1ccc2c(c1)OC(F)(F)O2)[C@@H]1CCS(=O)(=O)C1. The fourth-order valence-electron chi connectivity index (χ4n) is 3.21. The Labute approximate surface area is 150 Å². The number of nitrogens with zero attached hydrogens (tertiary/aromatic N) is 1. The maximum atomic E-state index is 13.1. The van der Waals surface area contributed by atoms with E-state index in [2.05, 4.69) is 14.8 Å². The van der Waals surface area contributed by atoms with Gasteiger partial charge in [-0.3, -0.25) is 4.79 Å². The number of anilines is 1. The predicted octanol–water partition coefficient (Wildman–Crippen LogP) is 1.84. The number of hydrogen-bond acceptors (Lipinski definition) is 6. The highest BCUT2D eigenvalue weighted by Gasteiger charge is 2.43. The molecule has 1 saturated heterocycles. The number of carbonyl (C=O) groups excluding carboxylic acids is 1.